The zero-order chi connectivity index (χ0) is 23.1. The van der Waals surface area contributed by atoms with Crippen LogP contribution in [0.4, 0.5) is 5.69 Å². The molecule has 1 aliphatic heterocycles. The van der Waals surface area contributed by atoms with Crippen LogP contribution in [-0.4, -0.2) is 58.2 Å². The number of benzene rings is 1. The number of pyridine rings is 1. The molecule has 4 heterocycles. The Balaban J connectivity index is 1.65. The van der Waals surface area contributed by atoms with Crippen LogP contribution in [0.2, 0.25) is 0 Å². The third kappa shape index (κ3) is 3.64. The summed E-state index contributed by atoms with van der Waals surface area (Å²) >= 11 is 1.57. The molecule has 5 rings (SSSR count). The maximum absolute atomic E-state index is 14.0. The van der Waals surface area contributed by atoms with E-state index in [0.717, 1.165) is 10.6 Å². The summed E-state index contributed by atoms with van der Waals surface area (Å²) in [5.41, 5.74) is 2.51. The topological polar surface area (TPSA) is 80.6 Å². The van der Waals surface area contributed by atoms with Crippen molar-refractivity contribution < 1.29 is 14.3 Å². The predicted octanol–water partition coefficient (Wildman–Crippen LogP) is 3.68. The van der Waals surface area contributed by atoms with Crippen molar-refractivity contribution in [2.45, 2.75) is 19.6 Å². The van der Waals surface area contributed by atoms with Gasteiger partial charge in [0, 0.05) is 20.6 Å². The second-order valence-corrected chi connectivity index (χ2v) is 8.90. The summed E-state index contributed by atoms with van der Waals surface area (Å²) in [6.45, 7) is 2.74. The van der Waals surface area contributed by atoms with Gasteiger partial charge in [0.2, 0.25) is 0 Å². The average Bonchev–Trinajstić information content (AvgIpc) is 3.51. The van der Waals surface area contributed by atoms with Crippen LogP contribution in [0.15, 0.2) is 54.0 Å². The van der Waals surface area contributed by atoms with Crippen LogP contribution in [0.5, 0.6) is 5.75 Å². The lowest BCUT2D eigenvalue weighted by molar-refractivity contribution is -0.135. The lowest BCUT2D eigenvalue weighted by Crippen LogP contribution is -2.50. The fourth-order valence-electron chi connectivity index (χ4n) is 4.00. The van der Waals surface area contributed by atoms with Crippen molar-refractivity contribution in [1.29, 1.82) is 0 Å². The van der Waals surface area contributed by atoms with Crippen molar-refractivity contribution >= 4 is 39.9 Å². The van der Waals surface area contributed by atoms with Gasteiger partial charge in [0.15, 0.2) is 11.8 Å². The highest BCUT2D eigenvalue weighted by Gasteiger charge is 2.35. The molecule has 168 valence electrons. The number of aromatic nitrogens is 3. The maximum atomic E-state index is 14.0. The minimum absolute atomic E-state index is 0.118. The third-order valence-electron chi connectivity index (χ3n) is 5.65. The largest absolute Gasteiger partial charge is 0.476 e. The lowest BCUT2D eigenvalue weighted by Gasteiger charge is -2.35. The molecular weight excluding hydrogens is 438 g/mol. The van der Waals surface area contributed by atoms with E-state index < -0.39 is 6.10 Å². The molecule has 0 N–H and O–H groups in total. The van der Waals surface area contributed by atoms with Crippen molar-refractivity contribution in [3.05, 3.63) is 59.6 Å². The van der Waals surface area contributed by atoms with E-state index in [1.54, 1.807) is 47.3 Å². The molecule has 9 heteroatoms. The highest BCUT2D eigenvalue weighted by Crippen LogP contribution is 2.36. The fraction of sp³-hybridized carbons (Fsp3) is 0.250. The molecule has 1 aromatic carbocycles. The van der Waals surface area contributed by atoms with Crippen LogP contribution in [-0.2, 0) is 11.3 Å². The first-order valence-corrected chi connectivity index (χ1v) is 11.5. The van der Waals surface area contributed by atoms with Gasteiger partial charge in [0.05, 0.1) is 39.9 Å². The molecule has 3 aromatic heterocycles. The molecular formula is C24H23N5O3S. The molecule has 4 aromatic rings. The van der Waals surface area contributed by atoms with Gasteiger partial charge >= 0.3 is 0 Å². The number of hydrogen-bond acceptors (Lipinski definition) is 6. The van der Waals surface area contributed by atoms with Crippen molar-refractivity contribution in [1.82, 2.24) is 19.7 Å². The zero-order valence-corrected chi connectivity index (χ0v) is 19.4. The Morgan fingerprint density at radius 2 is 2.03 bits per heavy atom. The smallest absolute Gasteiger partial charge is 0.265 e. The first-order valence-electron chi connectivity index (χ1n) is 10.7. The number of rotatable bonds is 4. The quantitative estimate of drug-likeness (QED) is 0.463. The van der Waals surface area contributed by atoms with Crippen LogP contribution < -0.4 is 9.64 Å². The Morgan fingerprint density at radius 1 is 1.21 bits per heavy atom. The van der Waals surface area contributed by atoms with E-state index >= 15 is 0 Å². The number of carbonyl (C=O) groups is 2. The van der Waals surface area contributed by atoms with E-state index in [2.05, 4.69) is 5.10 Å². The standard InChI is InChI=1S/C24H23N5O3S/c1-4-29-22-16(13-25-29)15(12-17(26-22)21-10-7-11-33-21)23(30)28-14-20(24(31)27(2)3)32-19-9-6-5-8-18(19)28/h5-13,20H,4,14H2,1-3H3. The van der Waals surface area contributed by atoms with Crippen LogP contribution >= 0.6 is 11.3 Å². The Labute approximate surface area is 195 Å². The average molecular weight is 462 g/mol. The van der Waals surface area contributed by atoms with E-state index in [1.807, 2.05) is 48.7 Å². The number of fused-ring (bicyclic) bond motifs is 2. The van der Waals surface area contributed by atoms with Gasteiger partial charge in [0.1, 0.15) is 5.75 Å². The van der Waals surface area contributed by atoms with Gasteiger partial charge in [-0.1, -0.05) is 18.2 Å². The first kappa shape index (κ1) is 21.1. The molecule has 0 radical (unpaired) electrons. The molecule has 1 atom stereocenters. The molecule has 8 nitrogen and oxygen atoms in total. The fourth-order valence-corrected chi connectivity index (χ4v) is 4.68. The van der Waals surface area contributed by atoms with Gasteiger partial charge in [0.25, 0.3) is 11.8 Å². The van der Waals surface area contributed by atoms with Gasteiger partial charge in [-0.15, -0.1) is 11.3 Å². The maximum Gasteiger partial charge on any atom is 0.265 e. The van der Waals surface area contributed by atoms with Gasteiger partial charge in [-0.05, 0) is 36.6 Å². The molecule has 0 fully saturated rings. The Kier molecular flexibility index (Phi) is 5.33. The number of aryl methyl sites for hydroxylation is 1. The SMILES string of the molecule is CCn1ncc2c(C(=O)N3CC(C(=O)N(C)C)Oc4ccccc43)cc(-c3cccs3)nc21. The summed E-state index contributed by atoms with van der Waals surface area (Å²) in [7, 11) is 3.36. The molecule has 2 amide bonds. The van der Waals surface area contributed by atoms with Crippen LogP contribution in [0.25, 0.3) is 21.6 Å². The summed E-state index contributed by atoms with van der Waals surface area (Å²) in [6, 6.07) is 13.0. The van der Waals surface area contributed by atoms with Gasteiger partial charge in [-0.3, -0.25) is 9.59 Å². The third-order valence-corrected chi connectivity index (χ3v) is 6.54. The van der Waals surface area contributed by atoms with E-state index in [0.29, 0.717) is 34.6 Å². The number of amides is 2. The zero-order valence-electron chi connectivity index (χ0n) is 18.6. The summed E-state index contributed by atoms with van der Waals surface area (Å²) in [4.78, 5) is 35.6. The van der Waals surface area contributed by atoms with E-state index in [4.69, 9.17) is 9.72 Å². The second kappa shape index (κ2) is 8.32. The number of para-hydroxylation sites is 2. The van der Waals surface area contributed by atoms with Crippen molar-refractivity contribution in [3.8, 4) is 16.3 Å². The number of hydrogen-bond donors (Lipinski definition) is 0. The monoisotopic (exact) mass is 461 g/mol. The molecule has 1 aliphatic rings. The van der Waals surface area contributed by atoms with E-state index in [-0.39, 0.29) is 18.4 Å². The Hall–Kier alpha value is -3.72. The van der Waals surface area contributed by atoms with E-state index in [9.17, 15) is 9.59 Å². The minimum atomic E-state index is -0.786. The van der Waals surface area contributed by atoms with Crippen molar-refractivity contribution in [2.75, 3.05) is 25.5 Å². The summed E-state index contributed by atoms with van der Waals surface area (Å²) in [5, 5.41) is 7.10. The minimum Gasteiger partial charge on any atom is -0.476 e. The van der Waals surface area contributed by atoms with Gasteiger partial charge in [-0.2, -0.15) is 5.10 Å². The first-order chi connectivity index (χ1) is 16.0. The normalized spacial score (nSPS) is 15.2. The molecule has 0 saturated carbocycles. The van der Waals surface area contributed by atoms with Crippen LogP contribution in [0, 0.1) is 0 Å². The van der Waals surface area contributed by atoms with Crippen molar-refractivity contribution in [2.24, 2.45) is 0 Å². The summed E-state index contributed by atoms with van der Waals surface area (Å²) in [6.07, 6.45) is 0.901. The highest BCUT2D eigenvalue weighted by molar-refractivity contribution is 7.13. The van der Waals surface area contributed by atoms with Gasteiger partial charge < -0.3 is 14.5 Å². The number of likely N-dealkylation sites (N-methyl/N-ethyl adjacent to an activating group) is 1. The lowest BCUT2D eigenvalue weighted by atomic mass is 10.1. The molecule has 0 saturated heterocycles. The second-order valence-electron chi connectivity index (χ2n) is 7.95. The van der Waals surface area contributed by atoms with Crippen LogP contribution in [0.3, 0.4) is 0 Å². The van der Waals surface area contributed by atoms with Crippen molar-refractivity contribution in [3.63, 3.8) is 0 Å². The summed E-state index contributed by atoms with van der Waals surface area (Å²) < 4.78 is 7.74. The molecule has 33 heavy (non-hydrogen) atoms. The summed E-state index contributed by atoms with van der Waals surface area (Å²) in [5.74, 6) is 0.0914. The number of carbonyl (C=O) groups excluding carboxylic acids is 2. The molecule has 0 spiro atoms. The number of thiophene rings is 1. The predicted molar refractivity (Wildman–Crippen MR) is 128 cm³/mol. The number of anilines is 1. The van der Waals surface area contributed by atoms with Crippen LogP contribution in [0.1, 0.15) is 17.3 Å². The molecule has 1 unspecified atom stereocenters. The number of ether oxygens (including phenoxy) is 1. The Bertz CT molecular complexity index is 1350. The Morgan fingerprint density at radius 3 is 2.76 bits per heavy atom. The van der Waals surface area contributed by atoms with Gasteiger partial charge in [-0.25, -0.2) is 9.67 Å². The van der Waals surface area contributed by atoms with E-state index in [1.165, 1.54) is 4.90 Å². The molecule has 0 aliphatic carbocycles. The molecule has 0 bridgehead atoms. The number of nitrogens with zero attached hydrogens (tertiary/aromatic N) is 5. The highest BCUT2D eigenvalue weighted by atomic mass is 32.1.